The minimum absolute atomic E-state index is 0.259. The van der Waals surface area contributed by atoms with Gasteiger partial charge in [0.25, 0.3) is 0 Å². The Morgan fingerprint density at radius 2 is 2.00 bits per heavy atom. The maximum absolute atomic E-state index is 13.2. The van der Waals surface area contributed by atoms with E-state index in [9.17, 15) is 4.39 Å². The van der Waals surface area contributed by atoms with E-state index in [0.717, 1.165) is 27.2 Å². The summed E-state index contributed by atoms with van der Waals surface area (Å²) in [5, 5.41) is 0. The molecule has 0 N–H and O–H groups in total. The molecule has 0 aliphatic heterocycles. The fourth-order valence-corrected chi connectivity index (χ4v) is 3.34. The van der Waals surface area contributed by atoms with Crippen molar-refractivity contribution in [2.75, 3.05) is 9.86 Å². The molecule has 22 heavy (non-hydrogen) atoms. The summed E-state index contributed by atoms with van der Waals surface area (Å²) in [5.74, 6) is -0.259. The van der Waals surface area contributed by atoms with E-state index in [4.69, 9.17) is 3.07 Å². The van der Waals surface area contributed by atoms with E-state index in [1.54, 1.807) is 18.3 Å². The first-order chi connectivity index (χ1) is 10.5. The Bertz CT molecular complexity index is 804. The van der Waals surface area contributed by atoms with Crippen LogP contribution < -0.4 is 0 Å². The summed E-state index contributed by atoms with van der Waals surface area (Å²) in [5.41, 5.74) is 3.37. The molecule has 0 saturated heterocycles. The Balaban J connectivity index is 2.14. The molecule has 0 saturated carbocycles. The molecular formula is C15H14BrFIN3O. The number of halogens is 3. The Kier molecular flexibility index (Phi) is 4.74. The van der Waals surface area contributed by atoms with E-state index in [0.29, 0.717) is 6.61 Å². The number of imidazole rings is 1. The summed E-state index contributed by atoms with van der Waals surface area (Å²) in [7, 11) is 0. The molecule has 0 aliphatic rings. The summed E-state index contributed by atoms with van der Waals surface area (Å²) in [6.45, 7) is 0.488. The zero-order valence-electron chi connectivity index (χ0n) is 12.1. The number of benzene rings is 1. The van der Waals surface area contributed by atoms with Crippen molar-refractivity contribution < 1.29 is 7.46 Å². The van der Waals surface area contributed by atoms with Crippen LogP contribution in [0.25, 0.3) is 16.9 Å². The molecule has 0 atom stereocenters. The third kappa shape index (κ3) is 3.31. The zero-order chi connectivity index (χ0) is 15.7. The normalized spacial score (nSPS) is 11.9. The van der Waals surface area contributed by atoms with E-state index in [1.165, 1.54) is 12.1 Å². The second kappa shape index (κ2) is 6.59. The third-order valence-corrected chi connectivity index (χ3v) is 5.07. The predicted octanol–water partition coefficient (Wildman–Crippen LogP) is 4.50. The van der Waals surface area contributed by atoms with Gasteiger partial charge in [-0.15, -0.1) is 0 Å². The fraction of sp³-hybridized carbons (Fsp3) is 0.200. The molecule has 4 nitrogen and oxygen atoms in total. The standard InChI is InChI=1S/C15H14BrFIN3O/c1-18(2)22-9-12-15(10-3-5-11(17)6-4-10)20-14-7-19-13(16)8-21(12)14/h3-8H,9H2,1-2H3. The second-order valence-corrected chi connectivity index (χ2v) is 10.1. The van der Waals surface area contributed by atoms with Crippen LogP contribution in [0.15, 0.2) is 41.3 Å². The van der Waals surface area contributed by atoms with Gasteiger partial charge in [-0.25, -0.2) is 0 Å². The van der Waals surface area contributed by atoms with Crippen molar-refractivity contribution in [2.24, 2.45) is 0 Å². The molecule has 1 aromatic carbocycles. The van der Waals surface area contributed by atoms with Crippen LogP contribution >= 0.6 is 36.2 Å². The molecule has 2 aromatic heterocycles. The number of fused-ring (bicyclic) bond motifs is 1. The molecule has 7 heteroatoms. The van der Waals surface area contributed by atoms with Gasteiger partial charge in [-0.3, -0.25) is 0 Å². The van der Waals surface area contributed by atoms with Crippen LogP contribution in [0.1, 0.15) is 5.69 Å². The van der Waals surface area contributed by atoms with Crippen molar-refractivity contribution in [2.45, 2.75) is 6.61 Å². The summed E-state index contributed by atoms with van der Waals surface area (Å²) in [6.07, 6.45) is 3.58. The van der Waals surface area contributed by atoms with Gasteiger partial charge in [-0.2, -0.15) is 0 Å². The average molecular weight is 478 g/mol. The SMILES string of the molecule is CI(C)OCc1c(-c2ccc(F)cc2)nc2cnc(Br)cn12. The first-order valence-electron chi connectivity index (χ1n) is 6.46. The van der Waals surface area contributed by atoms with Crippen molar-refractivity contribution in [3.8, 4) is 11.3 Å². The van der Waals surface area contributed by atoms with Crippen molar-refractivity contribution in [1.82, 2.24) is 14.4 Å². The molecule has 0 unspecified atom stereocenters. The van der Waals surface area contributed by atoms with Gasteiger partial charge in [0.1, 0.15) is 0 Å². The Morgan fingerprint density at radius 3 is 2.68 bits per heavy atom. The number of aromatic nitrogens is 3. The van der Waals surface area contributed by atoms with Crippen LogP contribution in [0, 0.1) is 5.82 Å². The number of nitrogens with zero attached hydrogens (tertiary/aromatic N) is 3. The van der Waals surface area contributed by atoms with E-state index in [-0.39, 0.29) is 5.82 Å². The molecule has 0 amide bonds. The first kappa shape index (κ1) is 15.8. The summed E-state index contributed by atoms with van der Waals surface area (Å²) in [4.78, 5) is 13.1. The van der Waals surface area contributed by atoms with Gasteiger partial charge in [0, 0.05) is 0 Å². The molecule has 0 radical (unpaired) electrons. The maximum atomic E-state index is 13.2. The van der Waals surface area contributed by atoms with Gasteiger partial charge < -0.3 is 0 Å². The molecule has 3 aromatic rings. The topological polar surface area (TPSA) is 39.4 Å². The number of hydrogen-bond acceptors (Lipinski definition) is 3. The summed E-state index contributed by atoms with van der Waals surface area (Å²) < 4.78 is 21.8. The van der Waals surface area contributed by atoms with E-state index in [1.807, 2.05) is 10.6 Å². The summed E-state index contributed by atoms with van der Waals surface area (Å²) >= 11 is 2.06. The minimum atomic E-state index is -1.32. The van der Waals surface area contributed by atoms with E-state index >= 15 is 0 Å². The van der Waals surface area contributed by atoms with E-state index in [2.05, 4.69) is 35.8 Å². The Hall–Kier alpha value is -1.06. The monoisotopic (exact) mass is 477 g/mol. The van der Waals surface area contributed by atoms with Crippen molar-refractivity contribution in [3.05, 3.63) is 52.8 Å². The van der Waals surface area contributed by atoms with Gasteiger partial charge in [0.15, 0.2) is 0 Å². The van der Waals surface area contributed by atoms with Crippen molar-refractivity contribution in [1.29, 1.82) is 0 Å². The number of rotatable bonds is 4. The molecule has 116 valence electrons. The van der Waals surface area contributed by atoms with Crippen LogP contribution in [-0.2, 0) is 9.67 Å². The number of alkyl halides is 2. The summed E-state index contributed by atoms with van der Waals surface area (Å²) in [6, 6.07) is 6.35. The Morgan fingerprint density at radius 1 is 1.27 bits per heavy atom. The van der Waals surface area contributed by atoms with E-state index < -0.39 is 20.2 Å². The van der Waals surface area contributed by atoms with Gasteiger partial charge >= 0.3 is 144 Å². The molecule has 2 heterocycles. The van der Waals surface area contributed by atoms with Crippen LogP contribution in [0.3, 0.4) is 0 Å². The van der Waals surface area contributed by atoms with Gasteiger partial charge in [-0.1, -0.05) is 0 Å². The van der Waals surface area contributed by atoms with Crippen molar-refractivity contribution in [3.63, 3.8) is 0 Å². The molecule has 3 rings (SSSR count). The van der Waals surface area contributed by atoms with Gasteiger partial charge in [-0.05, 0) is 0 Å². The molecular weight excluding hydrogens is 464 g/mol. The number of hydrogen-bond donors (Lipinski definition) is 0. The second-order valence-electron chi connectivity index (χ2n) is 4.79. The fourth-order valence-electron chi connectivity index (χ4n) is 2.12. The predicted molar refractivity (Wildman–Crippen MR) is 96.7 cm³/mol. The Labute approximate surface area is 143 Å². The van der Waals surface area contributed by atoms with Crippen LogP contribution in [-0.4, -0.2) is 24.2 Å². The van der Waals surface area contributed by atoms with Crippen LogP contribution in [0.4, 0.5) is 4.39 Å². The molecule has 0 bridgehead atoms. The third-order valence-electron chi connectivity index (χ3n) is 3.10. The van der Waals surface area contributed by atoms with Crippen LogP contribution in [0.5, 0.6) is 0 Å². The quantitative estimate of drug-likeness (QED) is 0.410. The molecule has 0 spiro atoms. The van der Waals surface area contributed by atoms with Crippen LogP contribution in [0.2, 0.25) is 0 Å². The zero-order valence-corrected chi connectivity index (χ0v) is 15.8. The van der Waals surface area contributed by atoms with Gasteiger partial charge in [0.2, 0.25) is 0 Å². The molecule has 0 aliphatic carbocycles. The first-order valence-corrected chi connectivity index (χ1v) is 12.5. The van der Waals surface area contributed by atoms with Crippen molar-refractivity contribution >= 4 is 41.8 Å². The molecule has 0 fully saturated rings. The average Bonchev–Trinajstić information content (AvgIpc) is 2.83. The van der Waals surface area contributed by atoms with Gasteiger partial charge in [0.05, 0.1) is 0 Å².